The monoisotopic (exact) mass is 272 g/mol. The molecule has 0 aromatic rings. The van der Waals surface area contributed by atoms with Gasteiger partial charge in [-0.2, -0.15) is 9.68 Å². The van der Waals surface area contributed by atoms with Crippen LogP contribution >= 0.6 is 0 Å². The average molecular weight is 272 g/mol. The Morgan fingerprint density at radius 1 is 0.889 bits per heavy atom. The summed E-state index contributed by atoms with van der Waals surface area (Å²) in [6.07, 6.45) is -2.98. The van der Waals surface area contributed by atoms with E-state index in [-0.39, 0.29) is 0 Å². The third-order valence-corrected chi connectivity index (χ3v) is 1.13. The van der Waals surface area contributed by atoms with Gasteiger partial charge in [0.05, 0.1) is 0 Å². The number of rotatable bonds is 10. The highest BCUT2D eigenvalue weighted by atomic mass is 17.0. The third kappa shape index (κ3) is 8.80. The number of nitrogens with zero attached hydrogens (tertiary/aromatic N) is 3. The van der Waals surface area contributed by atoms with Crippen LogP contribution in [-0.4, -0.2) is 40.9 Å². The minimum Gasteiger partial charge on any atom is -0.308 e. The first-order valence-corrected chi connectivity index (χ1v) is 4.18. The van der Waals surface area contributed by atoms with Crippen molar-refractivity contribution < 1.29 is 34.6 Å². The third-order valence-electron chi connectivity index (χ3n) is 1.13. The summed E-state index contributed by atoms with van der Waals surface area (Å²) in [4.78, 5) is 46.3. The zero-order chi connectivity index (χ0) is 14.1. The lowest BCUT2D eigenvalue weighted by atomic mass is 10.6. The fraction of sp³-hybridized carbons (Fsp3) is 1.00. The fourth-order valence-electron chi connectivity index (χ4n) is 0.575. The zero-order valence-electron chi connectivity index (χ0n) is 8.74. The molecule has 0 amide bonds. The Morgan fingerprint density at radius 3 is 1.50 bits per heavy atom. The minimum absolute atomic E-state index is 0.568. The van der Waals surface area contributed by atoms with Crippen molar-refractivity contribution in [2.24, 2.45) is 11.5 Å². The van der Waals surface area contributed by atoms with Gasteiger partial charge in [-0.15, -0.1) is 20.2 Å². The molecule has 0 rings (SSSR count). The summed E-state index contributed by atoms with van der Waals surface area (Å²) in [5.41, 5.74) is 10.1. The molecule has 2 unspecified atom stereocenters. The maximum atomic E-state index is 10.8. The normalized spacial score (nSPS) is 13.0. The van der Waals surface area contributed by atoms with E-state index >= 15 is 0 Å². The van der Waals surface area contributed by atoms with Crippen LogP contribution in [0.1, 0.15) is 0 Å². The Balaban J connectivity index is 3.81. The standard InChI is InChI=1S/C4H10N5O9/c5-3(1-15-7(10)11)17-9(14)18-4(6)2-16-8(12)13/h3-4H,1-2,5-6H2/q+1. The van der Waals surface area contributed by atoms with Crippen molar-refractivity contribution >= 4 is 0 Å². The smallest absolute Gasteiger partial charge is 0.308 e. The van der Waals surface area contributed by atoms with Gasteiger partial charge in [0.15, 0.2) is 13.2 Å². The summed E-state index contributed by atoms with van der Waals surface area (Å²) in [6.45, 7) is -1.45. The van der Waals surface area contributed by atoms with Crippen LogP contribution < -0.4 is 11.5 Å². The minimum atomic E-state index is -1.49. The van der Waals surface area contributed by atoms with E-state index in [2.05, 4.69) is 19.4 Å². The zero-order valence-corrected chi connectivity index (χ0v) is 8.74. The molecule has 0 saturated carbocycles. The Labute approximate surface area is 98.0 Å². The van der Waals surface area contributed by atoms with E-state index in [4.69, 9.17) is 11.5 Å². The second-order valence-corrected chi connectivity index (χ2v) is 2.55. The molecule has 14 nitrogen and oxygen atoms in total. The molecule has 2 atom stereocenters. The predicted molar refractivity (Wildman–Crippen MR) is 47.6 cm³/mol. The number of hydrogen-bond donors (Lipinski definition) is 2. The SMILES string of the molecule is NC(CO[N+](=O)[O-])O[N+](=O)OC(N)CO[N+](=O)[O-]. The lowest BCUT2D eigenvalue weighted by Gasteiger charge is -2.05. The van der Waals surface area contributed by atoms with Gasteiger partial charge in [0.25, 0.3) is 22.6 Å². The van der Waals surface area contributed by atoms with Crippen molar-refractivity contribution in [1.82, 2.24) is 0 Å². The molecule has 4 N–H and O–H groups in total. The molecule has 18 heavy (non-hydrogen) atoms. The topological polar surface area (TPSA) is 195 Å². The van der Waals surface area contributed by atoms with Gasteiger partial charge >= 0.3 is 5.09 Å². The summed E-state index contributed by atoms with van der Waals surface area (Å²) >= 11 is 0. The van der Waals surface area contributed by atoms with Crippen LogP contribution in [0.2, 0.25) is 0 Å². The maximum absolute atomic E-state index is 10.8. The largest absolute Gasteiger partial charge is 0.480 e. The molecule has 0 aromatic carbocycles. The lowest BCUT2D eigenvalue weighted by molar-refractivity contribution is -0.994. The fourth-order valence-corrected chi connectivity index (χ4v) is 0.575. The van der Waals surface area contributed by atoms with Crippen LogP contribution in [0, 0.1) is 25.1 Å². The summed E-state index contributed by atoms with van der Waals surface area (Å²) in [5, 5.41) is 16.7. The molecular weight excluding hydrogens is 262 g/mol. The first-order chi connectivity index (χ1) is 8.31. The second-order valence-electron chi connectivity index (χ2n) is 2.55. The van der Waals surface area contributed by atoms with Crippen LogP contribution in [0.4, 0.5) is 0 Å². The van der Waals surface area contributed by atoms with Crippen molar-refractivity contribution in [3.63, 3.8) is 0 Å². The molecule has 0 aliphatic rings. The van der Waals surface area contributed by atoms with Crippen molar-refractivity contribution in [3.8, 4) is 0 Å². The van der Waals surface area contributed by atoms with E-state index in [0.717, 1.165) is 0 Å². The quantitative estimate of drug-likeness (QED) is 0.244. The van der Waals surface area contributed by atoms with Crippen LogP contribution in [0.15, 0.2) is 0 Å². The molecule has 0 fully saturated rings. The van der Waals surface area contributed by atoms with E-state index in [0.29, 0.717) is 0 Å². The highest BCUT2D eigenvalue weighted by Crippen LogP contribution is 1.92. The van der Waals surface area contributed by atoms with E-state index < -0.39 is 40.9 Å². The molecule has 0 aromatic heterocycles. The second kappa shape index (κ2) is 7.74. The predicted octanol–water partition coefficient (Wildman–Crippen LogP) is -2.39. The lowest BCUT2D eigenvalue weighted by Crippen LogP contribution is -2.39. The van der Waals surface area contributed by atoms with Crippen LogP contribution in [0.5, 0.6) is 0 Å². The van der Waals surface area contributed by atoms with E-state index in [1.54, 1.807) is 0 Å². The highest BCUT2D eigenvalue weighted by Gasteiger charge is 2.24. The Bertz CT molecular complexity index is 281. The summed E-state index contributed by atoms with van der Waals surface area (Å²) in [6, 6.07) is 0. The van der Waals surface area contributed by atoms with Gasteiger partial charge in [-0.3, -0.25) is 11.5 Å². The van der Waals surface area contributed by atoms with Crippen molar-refractivity contribution in [2.45, 2.75) is 12.5 Å². The number of hydrogen-bond acceptors (Lipinski definition) is 11. The first kappa shape index (κ1) is 15.5. The first-order valence-electron chi connectivity index (χ1n) is 4.18. The van der Waals surface area contributed by atoms with Crippen molar-refractivity contribution in [3.05, 3.63) is 25.1 Å². The van der Waals surface area contributed by atoms with Crippen LogP contribution in [0.3, 0.4) is 0 Å². The molecule has 0 spiro atoms. The summed E-state index contributed by atoms with van der Waals surface area (Å²) in [7, 11) is 0. The molecule has 0 aliphatic heterocycles. The molecule has 0 aliphatic carbocycles. The average Bonchev–Trinajstić information content (AvgIpc) is 2.23. The van der Waals surface area contributed by atoms with Gasteiger partial charge in [0.2, 0.25) is 0 Å². The van der Waals surface area contributed by atoms with Gasteiger partial charge in [-0.1, -0.05) is 0 Å². The van der Waals surface area contributed by atoms with Gasteiger partial charge < -0.3 is 9.68 Å². The van der Waals surface area contributed by atoms with Gasteiger partial charge in [-0.05, 0) is 0 Å². The summed E-state index contributed by atoms with van der Waals surface area (Å²) in [5.74, 6) is 0. The van der Waals surface area contributed by atoms with Crippen molar-refractivity contribution in [2.75, 3.05) is 13.2 Å². The van der Waals surface area contributed by atoms with Crippen molar-refractivity contribution in [1.29, 1.82) is 0 Å². The van der Waals surface area contributed by atoms with Crippen LogP contribution in [-0.2, 0) is 19.4 Å². The maximum Gasteiger partial charge on any atom is 0.480 e. The molecule has 104 valence electrons. The Hall–Kier alpha value is -2.48. The Kier molecular flexibility index (Phi) is 6.67. The molecule has 0 saturated heterocycles. The van der Waals surface area contributed by atoms with E-state index in [1.807, 2.05) is 0 Å². The molecule has 0 radical (unpaired) electrons. The molecular formula is C4H10N5O9+. The molecule has 0 bridgehead atoms. The Morgan fingerprint density at radius 2 is 1.22 bits per heavy atom. The number of nitrogens with two attached hydrogens (primary N) is 2. The van der Waals surface area contributed by atoms with E-state index in [1.165, 1.54) is 0 Å². The van der Waals surface area contributed by atoms with E-state index in [9.17, 15) is 25.1 Å². The molecule has 14 heteroatoms. The van der Waals surface area contributed by atoms with Gasteiger partial charge in [-0.25, -0.2) is 0 Å². The van der Waals surface area contributed by atoms with Gasteiger partial charge in [0, 0.05) is 0 Å². The van der Waals surface area contributed by atoms with Crippen LogP contribution in [0.25, 0.3) is 0 Å². The molecule has 0 heterocycles. The highest BCUT2D eigenvalue weighted by molar-refractivity contribution is 4.37. The summed E-state index contributed by atoms with van der Waals surface area (Å²) < 4.78 is 0. The van der Waals surface area contributed by atoms with Gasteiger partial charge in [0.1, 0.15) is 4.91 Å².